The second-order valence-electron chi connectivity index (χ2n) is 4.68. The average molecular weight is 245 g/mol. The second kappa shape index (κ2) is 5.05. The van der Waals surface area contributed by atoms with Crippen molar-refractivity contribution in [3.05, 3.63) is 34.4 Å². The molecule has 0 radical (unpaired) electrons. The van der Waals surface area contributed by atoms with Crippen LogP contribution in [0.25, 0.3) is 0 Å². The van der Waals surface area contributed by atoms with E-state index in [0.29, 0.717) is 0 Å². The molecule has 1 fully saturated rings. The molecule has 5 heteroatoms. The van der Waals surface area contributed by atoms with Crippen LogP contribution in [-0.4, -0.2) is 10.5 Å². The molecular weight excluding hydrogens is 230 g/mol. The Labute approximate surface area is 106 Å². The van der Waals surface area contributed by atoms with Gasteiger partial charge in [-0.3, -0.25) is 10.1 Å². The van der Waals surface area contributed by atoms with Gasteiger partial charge in [0.25, 0.3) is 5.69 Å². The van der Waals surface area contributed by atoms with Crippen molar-refractivity contribution in [2.45, 2.75) is 37.6 Å². The first-order valence-electron chi connectivity index (χ1n) is 6.09. The van der Waals surface area contributed by atoms with Crippen molar-refractivity contribution >= 4 is 11.4 Å². The van der Waals surface area contributed by atoms with E-state index in [-0.39, 0.29) is 5.69 Å². The first kappa shape index (κ1) is 12.4. The lowest BCUT2D eigenvalue weighted by Crippen LogP contribution is -2.38. The number of hydrogen-bond acceptors (Lipinski definition) is 4. The molecule has 5 nitrogen and oxygen atoms in total. The Hall–Kier alpha value is -2.09. The van der Waals surface area contributed by atoms with Gasteiger partial charge in [0.05, 0.1) is 11.0 Å². The van der Waals surface area contributed by atoms with E-state index < -0.39 is 10.5 Å². The summed E-state index contributed by atoms with van der Waals surface area (Å²) in [6, 6.07) is 8.58. The van der Waals surface area contributed by atoms with E-state index in [2.05, 4.69) is 11.4 Å². The topological polar surface area (TPSA) is 79.0 Å². The average Bonchev–Trinajstić information content (AvgIpc) is 2.40. The summed E-state index contributed by atoms with van der Waals surface area (Å²) in [4.78, 5) is 10.1. The van der Waals surface area contributed by atoms with Crippen LogP contribution in [0.5, 0.6) is 0 Å². The fourth-order valence-corrected chi connectivity index (χ4v) is 2.36. The van der Waals surface area contributed by atoms with Crippen molar-refractivity contribution in [3.8, 4) is 6.07 Å². The Bertz CT molecular complexity index is 470. The zero-order valence-corrected chi connectivity index (χ0v) is 10.1. The normalized spacial score (nSPS) is 17.7. The maximum absolute atomic E-state index is 10.6. The van der Waals surface area contributed by atoms with Crippen molar-refractivity contribution in [2.24, 2.45) is 0 Å². The van der Waals surface area contributed by atoms with Crippen LogP contribution < -0.4 is 5.32 Å². The van der Waals surface area contributed by atoms with Gasteiger partial charge in [-0.1, -0.05) is 19.3 Å². The number of nitrogens with zero attached hydrogens (tertiary/aromatic N) is 2. The number of non-ortho nitro benzene ring substituents is 1. The molecule has 1 saturated carbocycles. The van der Waals surface area contributed by atoms with Gasteiger partial charge in [-0.25, -0.2) is 0 Å². The number of nitro benzene ring substituents is 1. The van der Waals surface area contributed by atoms with Gasteiger partial charge in [-0.15, -0.1) is 0 Å². The van der Waals surface area contributed by atoms with Gasteiger partial charge < -0.3 is 5.32 Å². The fraction of sp³-hybridized carbons (Fsp3) is 0.462. The number of hydrogen-bond donors (Lipinski definition) is 1. The third-order valence-electron chi connectivity index (χ3n) is 3.38. The van der Waals surface area contributed by atoms with Crippen LogP contribution in [0, 0.1) is 21.4 Å². The molecular formula is C13H15N3O2. The maximum Gasteiger partial charge on any atom is 0.269 e. The Morgan fingerprint density at radius 1 is 1.22 bits per heavy atom. The number of nitro groups is 1. The molecule has 0 heterocycles. The van der Waals surface area contributed by atoms with E-state index >= 15 is 0 Å². The van der Waals surface area contributed by atoms with Crippen LogP contribution in [0.1, 0.15) is 32.1 Å². The van der Waals surface area contributed by atoms with E-state index in [1.165, 1.54) is 18.6 Å². The monoisotopic (exact) mass is 245 g/mol. The molecule has 1 aromatic rings. The standard InChI is InChI=1S/C13H15N3O2/c14-10-13(8-2-1-3-9-13)15-11-4-6-12(7-5-11)16(17)18/h4-7,15H,1-3,8-9H2. The molecule has 18 heavy (non-hydrogen) atoms. The van der Waals surface area contributed by atoms with Gasteiger partial charge in [0, 0.05) is 17.8 Å². The van der Waals surface area contributed by atoms with Crippen molar-refractivity contribution in [3.63, 3.8) is 0 Å². The predicted molar refractivity (Wildman–Crippen MR) is 68.1 cm³/mol. The highest BCUT2D eigenvalue weighted by molar-refractivity contribution is 5.51. The van der Waals surface area contributed by atoms with Crippen LogP contribution in [0.2, 0.25) is 0 Å². The van der Waals surface area contributed by atoms with E-state index in [1.54, 1.807) is 12.1 Å². The summed E-state index contributed by atoms with van der Waals surface area (Å²) in [5.41, 5.74) is 0.327. The third-order valence-corrected chi connectivity index (χ3v) is 3.38. The minimum absolute atomic E-state index is 0.0650. The van der Waals surface area contributed by atoms with Crippen molar-refractivity contribution in [1.29, 1.82) is 5.26 Å². The quantitative estimate of drug-likeness (QED) is 0.655. The van der Waals surface area contributed by atoms with Crippen LogP contribution in [0.15, 0.2) is 24.3 Å². The first-order chi connectivity index (χ1) is 8.65. The highest BCUT2D eigenvalue weighted by Gasteiger charge is 2.31. The number of anilines is 1. The van der Waals surface area contributed by atoms with Crippen LogP contribution in [0.4, 0.5) is 11.4 Å². The molecule has 0 bridgehead atoms. The number of nitrogens with one attached hydrogen (secondary N) is 1. The number of rotatable bonds is 3. The molecule has 0 aliphatic heterocycles. The molecule has 0 aromatic heterocycles. The fourth-order valence-electron chi connectivity index (χ4n) is 2.36. The first-order valence-corrected chi connectivity index (χ1v) is 6.09. The summed E-state index contributed by atoms with van der Waals surface area (Å²) in [6.07, 6.45) is 4.94. The molecule has 1 N–H and O–H groups in total. The molecule has 2 rings (SSSR count). The van der Waals surface area contributed by atoms with Gasteiger partial charge in [0.1, 0.15) is 5.54 Å². The Kier molecular flexibility index (Phi) is 3.47. The van der Waals surface area contributed by atoms with E-state index in [9.17, 15) is 15.4 Å². The maximum atomic E-state index is 10.6. The largest absolute Gasteiger partial charge is 0.367 e. The lowest BCUT2D eigenvalue weighted by atomic mass is 9.82. The molecule has 0 spiro atoms. The Morgan fingerprint density at radius 3 is 2.33 bits per heavy atom. The van der Waals surface area contributed by atoms with E-state index in [1.807, 2.05) is 0 Å². The smallest absolute Gasteiger partial charge is 0.269 e. The summed E-state index contributed by atoms with van der Waals surface area (Å²) in [7, 11) is 0. The summed E-state index contributed by atoms with van der Waals surface area (Å²) < 4.78 is 0. The minimum atomic E-state index is -0.506. The number of nitriles is 1. The lowest BCUT2D eigenvalue weighted by Gasteiger charge is -2.32. The van der Waals surface area contributed by atoms with E-state index in [0.717, 1.165) is 31.4 Å². The van der Waals surface area contributed by atoms with Gasteiger partial charge in [-0.05, 0) is 25.0 Å². The summed E-state index contributed by atoms with van der Waals surface area (Å²) >= 11 is 0. The minimum Gasteiger partial charge on any atom is -0.367 e. The lowest BCUT2D eigenvalue weighted by molar-refractivity contribution is -0.384. The molecule has 0 saturated heterocycles. The third kappa shape index (κ3) is 2.59. The van der Waals surface area contributed by atoms with Crippen LogP contribution in [-0.2, 0) is 0 Å². The number of benzene rings is 1. The molecule has 94 valence electrons. The predicted octanol–water partition coefficient (Wildman–Crippen LogP) is 3.23. The van der Waals surface area contributed by atoms with Crippen LogP contribution >= 0.6 is 0 Å². The second-order valence-corrected chi connectivity index (χ2v) is 4.68. The zero-order chi connectivity index (χ0) is 13.0. The van der Waals surface area contributed by atoms with Gasteiger partial charge in [0.2, 0.25) is 0 Å². The van der Waals surface area contributed by atoms with Gasteiger partial charge >= 0.3 is 0 Å². The molecule has 0 atom stereocenters. The highest BCUT2D eigenvalue weighted by Crippen LogP contribution is 2.31. The zero-order valence-electron chi connectivity index (χ0n) is 10.1. The molecule has 1 aliphatic carbocycles. The van der Waals surface area contributed by atoms with Gasteiger partial charge in [0.15, 0.2) is 0 Å². The molecule has 1 aliphatic rings. The van der Waals surface area contributed by atoms with E-state index in [4.69, 9.17) is 0 Å². The Balaban J connectivity index is 2.12. The van der Waals surface area contributed by atoms with Gasteiger partial charge in [-0.2, -0.15) is 5.26 Å². The van der Waals surface area contributed by atoms with Crippen LogP contribution in [0.3, 0.4) is 0 Å². The molecule has 0 unspecified atom stereocenters. The van der Waals surface area contributed by atoms with Crippen molar-refractivity contribution in [1.82, 2.24) is 0 Å². The highest BCUT2D eigenvalue weighted by atomic mass is 16.6. The summed E-state index contributed by atoms with van der Waals surface area (Å²) in [6.45, 7) is 0. The summed E-state index contributed by atoms with van der Waals surface area (Å²) in [5, 5.41) is 23.1. The van der Waals surface area contributed by atoms with Crippen molar-refractivity contribution < 1.29 is 4.92 Å². The molecule has 1 aromatic carbocycles. The Morgan fingerprint density at radius 2 is 1.83 bits per heavy atom. The summed E-state index contributed by atoms with van der Waals surface area (Å²) in [5.74, 6) is 0. The van der Waals surface area contributed by atoms with Crippen molar-refractivity contribution in [2.75, 3.05) is 5.32 Å². The molecule has 0 amide bonds. The SMILES string of the molecule is N#CC1(Nc2ccc([N+](=O)[O-])cc2)CCCCC1.